The number of nitrogens with zero attached hydrogens (tertiary/aromatic N) is 3. The van der Waals surface area contributed by atoms with E-state index in [1.165, 1.54) is 0 Å². The van der Waals surface area contributed by atoms with Crippen molar-refractivity contribution in [2.45, 2.75) is 25.3 Å². The average Bonchev–Trinajstić information content (AvgIpc) is 2.83. The van der Waals surface area contributed by atoms with E-state index in [1.807, 2.05) is 0 Å². The van der Waals surface area contributed by atoms with Gasteiger partial charge in [0.05, 0.1) is 11.9 Å². The summed E-state index contributed by atoms with van der Waals surface area (Å²) in [6.07, 6.45) is 3.20. The summed E-state index contributed by atoms with van der Waals surface area (Å²) in [7, 11) is -1.98. The van der Waals surface area contributed by atoms with Gasteiger partial charge in [-0.2, -0.15) is 5.10 Å². The molecule has 0 aromatic carbocycles. The number of rotatable bonds is 5. The maximum atomic E-state index is 13.2. The molecule has 1 N–H and O–H groups in total. The fraction of sp³-hybridized carbons (Fsp3) is 0.538. The van der Waals surface area contributed by atoms with Crippen molar-refractivity contribution < 1.29 is 17.2 Å². The molecule has 6 nitrogen and oxygen atoms in total. The number of halogens is 2. The van der Waals surface area contributed by atoms with Crippen LogP contribution in [-0.2, 0) is 23.6 Å². The lowest BCUT2D eigenvalue weighted by Gasteiger charge is -2.35. The van der Waals surface area contributed by atoms with E-state index < -0.39 is 27.6 Å². The van der Waals surface area contributed by atoms with Gasteiger partial charge >= 0.3 is 0 Å². The zero-order valence-corrected chi connectivity index (χ0v) is 12.8. The Balaban J connectivity index is 1.65. The zero-order valence-electron chi connectivity index (χ0n) is 12.0. The van der Waals surface area contributed by atoms with Gasteiger partial charge in [0.2, 0.25) is 10.0 Å². The largest absolute Gasteiger partial charge is 0.251 e. The van der Waals surface area contributed by atoms with Gasteiger partial charge in [0, 0.05) is 37.5 Å². The fourth-order valence-electron chi connectivity index (χ4n) is 2.47. The van der Waals surface area contributed by atoms with E-state index in [-0.39, 0.29) is 19.4 Å². The summed E-state index contributed by atoms with van der Waals surface area (Å²) in [5.41, 5.74) is 1.35. The van der Waals surface area contributed by atoms with Crippen molar-refractivity contribution in [3.63, 3.8) is 0 Å². The number of aromatic nitrogens is 3. The van der Waals surface area contributed by atoms with Crippen LogP contribution in [0, 0.1) is 5.92 Å². The first-order valence-corrected chi connectivity index (χ1v) is 8.54. The lowest BCUT2D eigenvalue weighted by atomic mass is 9.82. The minimum Gasteiger partial charge on any atom is -0.250 e. The van der Waals surface area contributed by atoms with E-state index in [0.29, 0.717) is 11.2 Å². The molecule has 9 heteroatoms. The van der Waals surface area contributed by atoms with Gasteiger partial charge in [-0.3, -0.25) is 4.68 Å². The Kier molecular flexibility index (Phi) is 3.64. The van der Waals surface area contributed by atoms with Crippen LogP contribution in [-0.4, -0.2) is 34.9 Å². The number of nitrogens with one attached hydrogen (secondary N) is 1. The van der Waals surface area contributed by atoms with Gasteiger partial charge < -0.3 is 0 Å². The number of aryl methyl sites for hydroxylation is 1. The van der Waals surface area contributed by atoms with E-state index in [0.717, 1.165) is 5.39 Å². The van der Waals surface area contributed by atoms with E-state index >= 15 is 0 Å². The second-order valence-corrected chi connectivity index (χ2v) is 7.48. The van der Waals surface area contributed by atoms with Crippen LogP contribution >= 0.6 is 0 Å². The molecule has 1 fully saturated rings. The standard InChI is InChI=1S/C13H16F2N4O2S/c1-19-12-10(7-17-19)4-9(5-16-12)6-18-22(20,21)8-11-2-3-13(11,14)15/h4-5,7,11,18H,2-3,6,8H2,1H3. The maximum Gasteiger partial charge on any atom is 0.251 e. The van der Waals surface area contributed by atoms with Gasteiger partial charge in [-0.25, -0.2) is 26.9 Å². The smallest absolute Gasteiger partial charge is 0.250 e. The van der Waals surface area contributed by atoms with Gasteiger partial charge in [-0.05, 0) is 18.1 Å². The first-order chi connectivity index (χ1) is 10.3. The van der Waals surface area contributed by atoms with Crippen LogP contribution in [0.3, 0.4) is 0 Å². The molecule has 1 saturated carbocycles. The number of pyridine rings is 1. The van der Waals surface area contributed by atoms with Crippen molar-refractivity contribution in [2.24, 2.45) is 13.0 Å². The minimum atomic E-state index is -3.74. The molecule has 0 radical (unpaired) electrons. The molecular weight excluding hydrogens is 314 g/mol. The van der Waals surface area contributed by atoms with Crippen LogP contribution in [0.4, 0.5) is 8.78 Å². The summed E-state index contributed by atoms with van der Waals surface area (Å²) in [5, 5.41) is 4.85. The van der Waals surface area contributed by atoms with E-state index in [1.54, 1.807) is 30.2 Å². The third-order valence-corrected chi connectivity index (χ3v) is 5.39. The molecule has 2 heterocycles. The highest BCUT2D eigenvalue weighted by atomic mass is 32.2. The van der Waals surface area contributed by atoms with Crippen LogP contribution in [0.1, 0.15) is 18.4 Å². The summed E-state index contributed by atoms with van der Waals surface area (Å²) < 4.78 is 54.1. The lowest BCUT2D eigenvalue weighted by Crippen LogP contribution is -2.45. The average molecular weight is 330 g/mol. The second-order valence-electron chi connectivity index (χ2n) is 5.62. The normalized spacial score (nSPS) is 21.0. The van der Waals surface area contributed by atoms with E-state index in [2.05, 4.69) is 14.8 Å². The predicted molar refractivity (Wildman–Crippen MR) is 76.8 cm³/mol. The van der Waals surface area contributed by atoms with Crippen LogP contribution in [0.15, 0.2) is 18.5 Å². The molecule has 0 bridgehead atoms. The molecule has 120 valence electrons. The molecule has 0 saturated heterocycles. The van der Waals surface area contributed by atoms with Gasteiger partial charge in [0.25, 0.3) is 5.92 Å². The quantitative estimate of drug-likeness (QED) is 0.900. The number of hydrogen-bond donors (Lipinski definition) is 1. The van der Waals surface area contributed by atoms with Crippen LogP contribution < -0.4 is 4.72 Å². The minimum absolute atomic E-state index is 0.0262. The summed E-state index contributed by atoms with van der Waals surface area (Å²) >= 11 is 0. The Morgan fingerprint density at radius 3 is 2.86 bits per heavy atom. The second kappa shape index (κ2) is 5.24. The number of fused-ring (bicyclic) bond motifs is 1. The maximum absolute atomic E-state index is 13.2. The first-order valence-electron chi connectivity index (χ1n) is 6.89. The van der Waals surface area contributed by atoms with Gasteiger partial charge in [0.1, 0.15) is 0 Å². The molecule has 0 amide bonds. The first kappa shape index (κ1) is 15.3. The van der Waals surface area contributed by atoms with Gasteiger partial charge in [-0.15, -0.1) is 0 Å². The van der Waals surface area contributed by atoms with Crippen molar-refractivity contribution in [3.05, 3.63) is 24.0 Å². The SMILES string of the molecule is Cn1ncc2cc(CNS(=O)(=O)CC3CCC3(F)F)cnc21. The third-order valence-electron chi connectivity index (χ3n) is 3.97. The Bertz CT molecular complexity index is 803. The fourth-order valence-corrected chi connectivity index (χ4v) is 3.92. The van der Waals surface area contributed by atoms with Crippen molar-refractivity contribution in [2.75, 3.05) is 5.75 Å². The molecule has 1 atom stereocenters. The van der Waals surface area contributed by atoms with Crippen LogP contribution in [0.5, 0.6) is 0 Å². The van der Waals surface area contributed by atoms with E-state index in [4.69, 9.17) is 0 Å². The van der Waals surface area contributed by atoms with Crippen LogP contribution in [0.2, 0.25) is 0 Å². The molecule has 22 heavy (non-hydrogen) atoms. The summed E-state index contributed by atoms with van der Waals surface area (Å²) in [6.45, 7) is 0.0262. The topological polar surface area (TPSA) is 76.9 Å². The summed E-state index contributed by atoms with van der Waals surface area (Å²) in [6, 6.07) is 1.77. The van der Waals surface area contributed by atoms with Crippen molar-refractivity contribution >= 4 is 21.1 Å². The number of alkyl halides is 2. The van der Waals surface area contributed by atoms with E-state index in [9.17, 15) is 17.2 Å². The Morgan fingerprint density at radius 2 is 2.23 bits per heavy atom. The molecule has 1 unspecified atom stereocenters. The van der Waals surface area contributed by atoms with Crippen molar-refractivity contribution in [1.82, 2.24) is 19.5 Å². The van der Waals surface area contributed by atoms with Crippen LogP contribution in [0.25, 0.3) is 11.0 Å². The lowest BCUT2D eigenvalue weighted by molar-refractivity contribution is -0.122. The molecule has 3 rings (SSSR count). The van der Waals surface area contributed by atoms with Gasteiger partial charge in [-0.1, -0.05) is 0 Å². The zero-order chi connectivity index (χ0) is 16.0. The molecular formula is C13H16F2N4O2S. The molecule has 0 aliphatic heterocycles. The highest BCUT2D eigenvalue weighted by Crippen LogP contribution is 2.43. The third kappa shape index (κ3) is 2.95. The highest BCUT2D eigenvalue weighted by Gasteiger charge is 2.49. The molecule has 2 aromatic heterocycles. The Hall–Kier alpha value is -1.61. The molecule has 2 aromatic rings. The Labute approximate surface area is 126 Å². The van der Waals surface area contributed by atoms with Crippen molar-refractivity contribution in [3.8, 4) is 0 Å². The summed E-state index contributed by atoms with van der Waals surface area (Å²) in [4.78, 5) is 4.20. The number of sulfonamides is 1. The monoisotopic (exact) mass is 330 g/mol. The molecule has 1 aliphatic rings. The Morgan fingerprint density at radius 1 is 1.45 bits per heavy atom. The van der Waals surface area contributed by atoms with Gasteiger partial charge in [0.15, 0.2) is 5.65 Å². The highest BCUT2D eigenvalue weighted by molar-refractivity contribution is 7.89. The number of hydrogen-bond acceptors (Lipinski definition) is 4. The molecule has 0 spiro atoms. The molecule has 1 aliphatic carbocycles. The predicted octanol–water partition coefficient (Wildman–Crippen LogP) is 1.43. The van der Waals surface area contributed by atoms with Crippen molar-refractivity contribution in [1.29, 1.82) is 0 Å². The summed E-state index contributed by atoms with van der Waals surface area (Å²) in [5.74, 6) is -4.48.